The minimum absolute atomic E-state index is 0.0268. The van der Waals surface area contributed by atoms with Gasteiger partial charge in [0, 0.05) is 17.4 Å². The van der Waals surface area contributed by atoms with Crippen LogP contribution in [0, 0.1) is 0 Å². The number of carboxylic acid groups (broad SMARTS) is 1. The van der Waals surface area contributed by atoms with Gasteiger partial charge in [-0.2, -0.15) is 8.42 Å². The molecule has 7 nitrogen and oxygen atoms in total. The molecule has 0 spiro atoms. The van der Waals surface area contributed by atoms with E-state index in [1.54, 1.807) is 12.1 Å². The molecule has 2 rings (SSSR count). The topological polar surface area (TPSA) is 97.6 Å². The third-order valence-electron chi connectivity index (χ3n) is 2.57. The molecule has 0 atom stereocenters. The summed E-state index contributed by atoms with van der Waals surface area (Å²) < 4.78 is 30.8. The Hall–Kier alpha value is -2.19. The van der Waals surface area contributed by atoms with E-state index in [1.807, 2.05) is 0 Å². The SMILES string of the molecule is COc1c(C(=O)O)cc(Cl)cc1S(=O)(=O)Nn1cccc1. The Balaban J connectivity index is 2.59. The van der Waals surface area contributed by atoms with Crippen LogP contribution in [0.3, 0.4) is 0 Å². The van der Waals surface area contributed by atoms with Crippen molar-refractivity contribution in [2.24, 2.45) is 0 Å². The molecule has 0 saturated carbocycles. The Morgan fingerprint density at radius 1 is 1.33 bits per heavy atom. The van der Waals surface area contributed by atoms with Gasteiger partial charge in [-0.3, -0.25) is 4.68 Å². The van der Waals surface area contributed by atoms with Crippen LogP contribution in [-0.4, -0.2) is 31.3 Å². The van der Waals surface area contributed by atoms with Crippen molar-refractivity contribution in [3.63, 3.8) is 0 Å². The largest absolute Gasteiger partial charge is 0.494 e. The van der Waals surface area contributed by atoms with Gasteiger partial charge in [0.1, 0.15) is 10.5 Å². The van der Waals surface area contributed by atoms with Crippen molar-refractivity contribution >= 4 is 27.6 Å². The second-order valence-electron chi connectivity index (χ2n) is 3.97. The second kappa shape index (κ2) is 5.66. The summed E-state index contributed by atoms with van der Waals surface area (Å²) in [6.07, 6.45) is 2.96. The highest BCUT2D eigenvalue weighted by atomic mass is 35.5. The van der Waals surface area contributed by atoms with Gasteiger partial charge < -0.3 is 9.84 Å². The molecule has 0 aliphatic rings. The number of nitrogens with zero attached hydrogens (tertiary/aromatic N) is 1. The van der Waals surface area contributed by atoms with Crippen LogP contribution in [0.5, 0.6) is 5.75 Å². The highest BCUT2D eigenvalue weighted by Gasteiger charge is 2.25. The zero-order chi connectivity index (χ0) is 15.6. The molecule has 0 unspecified atom stereocenters. The van der Waals surface area contributed by atoms with Gasteiger partial charge in [0.05, 0.1) is 7.11 Å². The number of carbonyl (C=O) groups is 1. The van der Waals surface area contributed by atoms with E-state index in [9.17, 15) is 13.2 Å². The number of rotatable bonds is 5. The molecular weight excluding hydrogens is 320 g/mol. The predicted octanol–water partition coefficient (Wildman–Crippen LogP) is 1.78. The number of hydrogen-bond acceptors (Lipinski definition) is 4. The van der Waals surface area contributed by atoms with Crippen molar-refractivity contribution in [2.75, 3.05) is 11.9 Å². The lowest BCUT2D eigenvalue weighted by Crippen LogP contribution is -2.23. The maximum absolute atomic E-state index is 12.3. The molecular formula is C12H11ClN2O5S. The number of benzene rings is 1. The van der Waals surface area contributed by atoms with Gasteiger partial charge in [-0.05, 0) is 24.3 Å². The highest BCUT2D eigenvalue weighted by molar-refractivity contribution is 7.92. The van der Waals surface area contributed by atoms with Crippen LogP contribution in [0.4, 0.5) is 0 Å². The molecule has 0 saturated heterocycles. The van der Waals surface area contributed by atoms with E-state index < -0.39 is 16.0 Å². The minimum Gasteiger partial charge on any atom is -0.494 e. The smallest absolute Gasteiger partial charge is 0.339 e. The molecule has 0 bridgehead atoms. The summed E-state index contributed by atoms with van der Waals surface area (Å²) in [5.41, 5.74) is -0.335. The van der Waals surface area contributed by atoms with Crippen LogP contribution < -0.4 is 9.57 Å². The first kappa shape index (κ1) is 15.2. The van der Waals surface area contributed by atoms with Crippen LogP contribution in [0.25, 0.3) is 0 Å². The van der Waals surface area contributed by atoms with Crippen molar-refractivity contribution < 1.29 is 23.1 Å². The molecule has 0 radical (unpaired) electrons. The lowest BCUT2D eigenvalue weighted by molar-refractivity contribution is 0.0693. The van der Waals surface area contributed by atoms with E-state index in [4.69, 9.17) is 21.4 Å². The number of hydrogen-bond donors (Lipinski definition) is 2. The number of ether oxygens (including phenoxy) is 1. The number of aromatic nitrogens is 1. The first-order chi connectivity index (χ1) is 9.85. The Kier molecular flexibility index (Phi) is 4.10. The summed E-state index contributed by atoms with van der Waals surface area (Å²) in [5, 5.41) is 9.08. The maximum atomic E-state index is 12.3. The predicted molar refractivity (Wildman–Crippen MR) is 75.9 cm³/mol. The van der Waals surface area contributed by atoms with Crippen molar-refractivity contribution in [1.29, 1.82) is 0 Å². The summed E-state index contributed by atoms with van der Waals surface area (Å²) in [5.74, 6) is -1.63. The van der Waals surface area contributed by atoms with Gasteiger partial charge in [-0.15, -0.1) is 0 Å². The van der Waals surface area contributed by atoms with Crippen LogP contribution >= 0.6 is 11.6 Å². The molecule has 21 heavy (non-hydrogen) atoms. The van der Waals surface area contributed by atoms with E-state index >= 15 is 0 Å². The lowest BCUT2D eigenvalue weighted by atomic mass is 10.2. The average Bonchev–Trinajstić information content (AvgIpc) is 2.89. The molecule has 1 aromatic carbocycles. The standard InChI is InChI=1S/C12H11ClN2O5S/c1-20-11-9(12(16)17)6-8(13)7-10(11)21(18,19)14-15-4-2-3-5-15/h2-7,14H,1H3,(H,16,17). The fourth-order valence-electron chi connectivity index (χ4n) is 1.72. The van der Waals surface area contributed by atoms with E-state index in [2.05, 4.69) is 4.83 Å². The van der Waals surface area contributed by atoms with Gasteiger partial charge in [0.2, 0.25) is 0 Å². The Bertz CT molecular complexity index is 771. The Morgan fingerprint density at radius 2 is 1.95 bits per heavy atom. The number of sulfonamides is 1. The summed E-state index contributed by atoms with van der Waals surface area (Å²) in [6, 6.07) is 5.50. The average molecular weight is 331 g/mol. The Labute approximate surface area is 125 Å². The fourth-order valence-corrected chi connectivity index (χ4v) is 3.22. The van der Waals surface area contributed by atoms with Crippen molar-refractivity contribution in [2.45, 2.75) is 4.90 Å². The van der Waals surface area contributed by atoms with Crippen molar-refractivity contribution in [3.05, 3.63) is 47.2 Å². The number of methoxy groups -OCH3 is 1. The van der Waals surface area contributed by atoms with Crippen LogP contribution in [0.2, 0.25) is 5.02 Å². The normalized spacial score (nSPS) is 11.1. The van der Waals surface area contributed by atoms with E-state index in [0.29, 0.717) is 0 Å². The maximum Gasteiger partial charge on any atom is 0.339 e. The molecule has 0 fully saturated rings. The zero-order valence-corrected chi connectivity index (χ0v) is 12.4. The minimum atomic E-state index is -4.06. The van der Waals surface area contributed by atoms with Crippen molar-refractivity contribution in [3.8, 4) is 5.75 Å². The molecule has 1 aromatic heterocycles. The number of nitrogens with one attached hydrogen (secondary N) is 1. The highest BCUT2D eigenvalue weighted by Crippen LogP contribution is 2.32. The molecule has 9 heteroatoms. The first-order valence-electron chi connectivity index (χ1n) is 5.62. The van der Waals surface area contributed by atoms with Gasteiger partial charge >= 0.3 is 5.97 Å². The quantitative estimate of drug-likeness (QED) is 0.870. The number of carboxylic acids is 1. The molecule has 0 aliphatic heterocycles. The molecule has 2 aromatic rings. The zero-order valence-electron chi connectivity index (χ0n) is 10.8. The van der Waals surface area contributed by atoms with E-state index in [1.165, 1.54) is 24.2 Å². The van der Waals surface area contributed by atoms with Gasteiger partial charge in [0.15, 0.2) is 5.75 Å². The molecule has 2 N–H and O–H groups in total. The van der Waals surface area contributed by atoms with Crippen LogP contribution in [0.15, 0.2) is 41.6 Å². The lowest BCUT2D eigenvalue weighted by Gasteiger charge is -2.14. The van der Waals surface area contributed by atoms with E-state index in [-0.39, 0.29) is 21.2 Å². The van der Waals surface area contributed by atoms with Crippen LogP contribution in [-0.2, 0) is 10.0 Å². The van der Waals surface area contributed by atoms with Gasteiger partial charge in [-0.1, -0.05) is 11.6 Å². The molecule has 0 aliphatic carbocycles. The fraction of sp³-hybridized carbons (Fsp3) is 0.0833. The summed E-state index contributed by atoms with van der Waals surface area (Å²) in [4.78, 5) is 13.1. The summed E-state index contributed by atoms with van der Waals surface area (Å²) in [7, 11) is -2.88. The Morgan fingerprint density at radius 3 is 2.48 bits per heavy atom. The third-order valence-corrected chi connectivity index (χ3v) is 4.13. The number of aromatic carboxylic acids is 1. The van der Waals surface area contributed by atoms with Crippen molar-refractivity contribution in [1.82, 2.24) is 4.68 Å². The van der Waals surface area contributed by atoms with Gasteiger partial charge in [-0.25, -0.2) is 9.63 Å². The van der Waals surface area contributed by atoms with E-state index in [0.717, 1.165) is 12.1 Å². The number of halogens is 1. The van der Waals surface area contributed by atoms with Gasteiger partial charge in [0.25, 0.3) is 10.0 Å². The third kappa shape index (κ3) is 3.11. The molecule has 112 valence electrons. The van der Waals surface area contributed by atoms with Crippen LogP contribution in [0.1, 0.15) is 10.4 Å². The molecule has 1 heterocycles. The first-order valence-corrected chi connectivity index (χ1v) is 7.48. The summed E-state index contributed by atoms with van der Waals surface area (Å²) in [6.45, 7) is 0. The second-order valence-corrected chi connectivity index (χ2v) is 6.04. The summed E-state index contributed by atoms with van der Waals surface area (Å²) >= 11 is 5.79. The monoisotopic (exact) mass is 330 g/mol. The molecule has 0 amide bonds.